The molecule has 0 radical (unpaired) electrons. The third-order valence-corrected chi connectivity index (χ3v) is 3.72. The third kappa shape index (κ3) is 3.15. The maximum absolute atomic E-state index is 11.9. The van der Waals surface area contributed by atoms with Crippen molar-refractivity contribution < 1.29 is 12.6 Å². The van der Waals surface area contributed by atoms with Gasteiger partial charge < -0.3 is 0 Å². The normalized spacial score (nSPS) is 11.4. The summed E-state index contributed by atoms with van der Waals surface area (Å²) in [5.74, 6) is 0. The van der Waals surface area contributed by atoms with Gasteiger partial charge in [0.15, 0.2) is 0 Å². The van der Waals surface area contributed by atoms with Gasteiger partial charge in [0.1, 0.15) is 0 Å². The van der Waals surface area contributed by atoms with Crippen molar-refractivity contribution in [2.24, 2.45) is 0 Å². The van der Waals surface area contributed by atoms with E-state index in [9.17, 15) is 8.42 Å². The number of nitrogens with zero attached hydrogens (tertiary/aromatic N) is 1. The molecule has 94 valence electrons. The van der Waals surface area contributed by atoms with E-state index in [0.29, 0.717) is 0 Å². The second-order valence-corrected chi connectivity index (χ2v) is 5.50. The van der Waals surface area contributed by atoms with E-state index in [4.69, 9.17) is 4.18 Å². The predicted molar refractivity (Wildman–Crippen MR) is 67.4 cm³/mol. The van der Waals surface area contributed by atoms with E-state index in [1.54, 1.807) is 36.7 Å². The summed E-state index contributed by atoms with van der Waals surface area (Å²) in [6.45, 7) is 1.91. The quantitative estimate of drug-likeness (QED) is 0.794. The summed E-state index contributed by atoms with van der Waals surface area (Å²) < 4.78 is 28.7. The number of rotatable bonds is 4. The maximum Gasteiger partial charge on any atom is 0.297 e. The Hall–Kier alpha value is -1.72. The van der Waals surface area contributed by atoms with Crippen LogP contribution >= 0.6 is 0 Å². The molecule has 0 atom stereocenters. The van der Waals surface area contributed by atoms with Gasteiger partial charge in [0.05, 0.1) is 11.5 Å². The monoisotopic (exact) mass is 263 g/mol. The summed E-state index contributed by atoms with van der Waals surface area (Å²) in [6.07, 6.45) is 3.19. The Morgan fingerprint density at radius 3 is 2.28 bits per heavy atom. The average molecular weight is 263 g/mol. The van der Waals surface area contributed by atoms with E-state index in [1.807, 2.05) is 6.92 Å². The molecule has 0 bridgehead atoms. The first-order valence-corrected chi connectivity index (χ1v) is 6.84. The van der Waals surface area contributed by atoms with Crippen LogP contribution in [0.1, 0.15) is 11.1 Å². The molecule has 0 aliphatic rings. The van der Waals surface area contributed by atoms with Crippen LogP contribution in [0.5, 0.6) is 0 Å². The third-order valence-electron chi connectivity index (χ3n) is 2.44. The van der Waals surface area contributed by atoms with Crippen LogP contribution in [0.2, 0.25) is 0 Å². The second-order valence-electron chi connectivity index (χ2n) is 3.88. The fraction of sp³-hybridized carbons (Fsp3) is 0.154. The van der Waals surface area contributed by atoms with Crippen molar-refractivity contribution in [1.29, 1.82) is 0 Å². The molecule has 0 aliphatic heterocycles. The molecule has 0 unspecified atom stereocenters. The Bertz CT molecular complexity index is 606. The highest BCUT2D eigenvalue weighted by Gasteiger charge is 2.14. The Balaban J connectivity index is 2.11. The van der Waals surface area contributed by atoms with Crippen LogP contribution in [-0.2, 0) is 20.9 Å². The van der Waals surface area contributed by atoms with Crippen molar-refractivity contribution in [3.05, 3.63) is 59.9 Å². The summed E-state index contributed by atoms with van der Waals surface area (Å²) >= 11 is 0. The minimum absolute atomic E-state index is 0.0126. The van der Waals surface area contributed by atoms with E-state index >= 15 is 0 Å². The molecule has 0 N–H and O–H groups in total. The van der Waals surface area contributed by atoms with Gasteiger partial charge >= 0.3 is 0 Å². The van der Waals surface area contributed by atoms with Crippen LogP contribution in [0.3, 0.4) is 0 Å². The van der Waals surface area contributed by atoms with E-state index in [-0.39, 0.29) is 11.5 Å². The molecule has 0 aliphatic carbocycles. The van der Waals surface area contributed by atoms with Gasteiger partial charge in [-0.15, -0.1) is 0 Å². The first-order chi connectivity index (χ1) is 8.58. The Morgan fingerprint density at radius 1 is 1.06 bits per heavy atom. The Labute approximate surface area is 106 Å². The lowest BCUT2D eigenvalue weighted by molar-refractivity contribution is 0.308. The van der Waals surface area contributed by atoms with Gasteiger partial charge in [0.2, 0.25) is 0 Å². The number of aryl methyl sites for hydroxylation is 1. The van der Waals surface area contributed by atoms with Crippen LogP contribution < -0.4 is 0 Å². The molecule has 2 rings (SSSR count). The zero-order chi connectivity index (χ0) is 13.0. The second kappa shape index (κ2) is 5.29. The van der Waals surface area contributed by atoms with Crippen LogP contribution in [0.15, 0.2) is 53.7 Å². The van der Waals surface area contributed by atoms with Crippen molar-refractivity contribution in [2.45, 2.75) is 18.4 Å². The summed E-state index contributed by atoms with van der Waals surface area (Å²) in [4.78, 5) is 4.02. The maximum atomic E-state index is 11.9. The topological polar surface area (TPSA) is 56.3 Å². The smallest absolute Gasteiger partial charge is 0.265 e. The highest BCUT2D eigenvalue weighted by atomic mass is 32.2. The van der Waals surface area contributed by atoms with Crippen LogP contribution in [0, 0.1) is 6.92 Å². The molecule has 0 spiro atoms. The van der Waals surface area contributed by atoms with E-state index in [2.05, 4.69) is 4.98 Å². The first kappa shape index (κ1) is 12.7. The highest BCUT2D eigenvalue weighted by Crippen LogP contribution is 2.14. The highest BCUT2D eigenvalue weighted by molar-refractivity contribution is 7.86. The largest absolute Gasteiger partial charge is 0.297 e. The van der Waals surface area contributed by atoms with E-state index < -0.39 is 10.1 Å². The number of benzene rings is 1. The number of hydrogen-bond acceptors (Lipinski definition) is 4. The van der Waals surface area contributed by atoms with Crippen LogP contribution in [0.4, 0.5) is 0 Å². The zero-order valence-electron chi connectivity index (χ0n) is 9.91. The van der Waals surface area contributed by atoms with Crippen LogP contribution in [0.25, 0.3) is 0 Å². The fourth-order valence-corrected chi connectivity index (χ4v) is 2.29. The first-order valence-electron chi connectivity index (χ1n) is 5.43. The fourth-order valence-electron chi connectivity index (χ4n) is 1.40. The molecular formula is C13H13NO3S. The molecule has 0 fully saturated rings. The van der Waals surface area contributed by atoms with Gasteiger partial charge in [-0.3, -0.25) is 9.17 Å². The van der Waals surface area contributed by atoms with Crippen molar-refractivity contribution in [3.8, 4) is 0 Å². The molecule has 5 heteroatoms. The lowest BCUT2D eigenvalue weighted by Crippen LogP contribution is -2.06. The number of pyridine rings is 1. The van der Waals surface area contributed by atoms with Gasteiger partial charge in [-0.05, 0) is 36.8 Å². The van der Waals surface area contributed by atoms with E-state index in [0.717, 1.165) is 11.1 Å². The molecule has 0 amide bonds. The standard InChI is InChI=1S/C13H13NO3S/c1-11-2-4-13(5-3-11)18(15,16)17-10-12-6-8-14-9-7-12/h2-9H,10H2,1H3. The molecule has 1 aromatic heterocycles. The molecule has 2 aromatic rings. The Kier molecular flexibility index (Phi) is 3.74. The molecule has 0 saturated carbocycles. The lowest BCUT2D eigenvalue weighted by Gasteiger charge is -2.05. The number of hydrogen-bond donors (Lipinski definition) is 0. The summed E-state index contributed by atoms with van der Waals surface area (Å²) in [7, 11) is -3.70. The summed E-state index contributed by atoms with van der Waals surface area (Å²) in [5.41, 5.74) is 1.77. The average Bonchev–Trinajstić information content (AvgIpc) is 2.38. The predicted octanol–water partition coefficient (Wildman–Crippen LogP) is 2.30. The minimum atomic E-state index is -3.70. The van der Waals surface area contributed by atoms with Crippen molar-refractivity contribution in [3.63, 3.8) is 0 Å². The minimum Gasteiger partial charge on any atom is -0.265 e. The molecule has 1 aromatic carbocycles. The molecule has 1 heterocycles. The SMILES string of the molecule is Cc1ccc(S(=O)(=O)OCc2ccncc2)cc1. The molecule has 18 heavy (non-hydrogen) atoms. The Morgan fingerprint density at radius 2 is 1.67 bits per heavy atom. The van der Waals surface area contributed by atoms with E-state index in [1.165, 1.54) is 12.1 Å². The van der Waals surface area contributed by atoms with Crippen LogP contribution in [-0.4, -0.2) is 13.4 Å². The van der Waals surface area contributed by atoms with Gasteiger partial charge in [-0.25, -0.2) is 0 Å². The van der Waals surface area contributed by atoms with Gasteiger partial charge in [-0.2, -0.15) is 8.42 Å². The lowest BCUT2D eigenvalue weighted by atomic mass is 10.2. The zero-order valence-corrected chi connectivity index (χ0v) is 10.7. The van der Waals surface area contributed by atoms with Crippen molar-refractivity contribution in [1.82, 2.24) is 4.98 Å². The molecular weight excluding hydrogens is 250 g/mol. The molecule has 4 nitrogen and oxygen atoms in total. The number of aromatic nitrogens is 1. The van der Waals surface area contributed by atoms with Crippen molar-refractivity contribution >= 4 is 10.1 Å². The molecule has 0 saturated heterocycles. The summed E-state index contributed by atoms with van der Waals surface area (Å²) in [5, 5.41) is 0. The summed E-state index contributed by atoms with van der Waals surface area (Å²) in [6, 6.07) is 9.98. The van der Waals surface area contributed by atoms with Gasteiger partial charge in [0.25, 0.3) is 10.1 Å². The van der Waals surface area contributed by atoms with Crippen molar-refractivity contribution in [2.75, 3.05) is 0 Å². The van der Waals surface area contributed by atoms with Gasteiger partial charge in [0, 0.05) is 12.4 Å². The van der Waals surface area contributed by atoms with Gasteiger partial charge in [-0.1, -0.05) is 17.7 Å².